The Morgan fingerprint density at radius 3 is 2.33 bits per heavy atom. The van der Waals surface area contributed by atoms with Crippen LogP contribution in [0.1, 0.15) is 11.3 Å². The number of rotatable bonds is 6. The van der Waals surface area contributed by atoms with Gasteiger partial charge >= 0.3 is 12.1 Å². The van der Waals surface area contributed by atoms with Gasteiger partial charge in [0.15, 0.2) is 0 Å². The van der Waals surface area contributed by atoms with Gasteiger partial charge in [-0.15, -0.1) is 0 Å². The summed E-state index contributed by atoms with van der Waals surface area (Å²) in [6.07, 6.45) is 0.497. The molecule has 0 aliphatic carbocycles. The largest absolute Gasteiger partial charge is 0.542 e. The number of nitrogen functional groups attached to an aromatic ring is 1. The molecule has 0 spiro atoms. The van der Waals surface area contributed by atoms with Crippen molar-refractivity contribution in [1.82, 2.24) is 10.3 Å². The average molecular weight is 558 g/mol. The van der Waals surface area contributed by atoms with E-state index in [1.807, 2.05) is 12.1 Å². The number of nitrogens with one attached hydrogen (secondary N) is 3. The molecule has 1 amide bonds. The maximum absolute atomic E-state index is 11.8. The van der Waals surface area contributed by atoms with Crippen molar-refractivity contribution in [3.05, 3.63) is 44.6 Å². The van der Waals surface area contributed by atoms with Crippen molar-refractivity contribution < 1.29 is 37.6 Å². The Balaban J connectivity index is 0.000000553. The van der Waals surface area contributed by atoms with Crippen LogP contribution in [-0.2, 0) is 16.0 Å². The van der Waals surface area contributed by atoms with Gasteiger partial charge in [0.25, 0.3) is 0 Å². The predicted molar refractivity (Wildman–Crippen MR) is 107 cm³/mol. The third-order valence-electron chi connectivity index (χ3n) is 3.27. The van der Waals surface area contributed by atoms with Crippen LogP contribution in [0, 0.1) is 0 Å². The zero-order valence-corrected chi connectivity index (χ0v) is 18.6. The summed E-state index contributed by atoms with van der Waals surface area (Å²) in [6.45, 7) is 0.521. The number of H-pyrrole nitrogens is 2. The number of aliphatic carboxylic acids is 1. The molecule has 1 aromatic carbocycles. The molecule has 1 heterocycles. The summed E-state index contributed by atoms with van der Waals surface area (Å²) < 4.78 is 38.4. The smallest absolute Gasteiger partial charge is 0.430 e. The van der Waals surface area contributed by atoms with Crippen molar-refractivity contribution in [2.24, 2.45) is 0 Å². The number of carbonyl (C=O) groups is 2. The lowest BCUT2D eigenvalue weighted by Crippen LogP contribution is -2.37. The topological polar surface area (TPSA) is 134 Å². The summed E-state index contributed by atoms with van der Waals surface area (Å²) in [5.74, 6) is -1.94. The van der Waals surface area contributed by atoms with Gasteiger partial charge < -0.3 is 20.0 Å². The van der Waals surface area contributed by atoms with E-state index in [4.69, 9.17) is 20.4 Å². The second-order valence-corrected chi connectivity index (χ2v) is 7.24. The Bertz CT molecular complexity index is 894. The van der Waals surface area contributed by atoms with Crippen LogP contribution in [0.4, 0.5) is 19.1 Å². The van der Waals surface area contributed by atoms with Crippen molar-refractivity contribution in [1.29, 1.82) is 0 Å². The molecule has 2 rings (SSSR count). The number of alkyl halides is 3. The van der Waals surface area contributed by atoms with Gasteiger partial charge in [-0.1, -0.05) is 0 Å². The second kappa shape index (κ2) is 11.6. The number of hydrogen-bond acceptors (Lipinski definition) is 5. The first kappa shape index (κ1) is 25.5. The van der Waals surface area contributed by atoms with Crippen molar-refractivity contribution in [2.75, 3.05) is 19.4 Å². The number of methoxy groups -OCH3 is 1. The molecule has 2 aromatic rings. The molecule has 0 unspecified atom stereocenters. The lowest BCUT2D eigenvalue weighted by Gasteiger charge is -2.07. The van der Waals surface area contributed by atoms with Crippen molar-refractivity contribution >= 4 is 55.8 Å². The first-order valence-electron chi connectivity index (χ1n) is 8.06. The van der Waals surface area contributed by atoms with Crippen molar-refractivity contribution in [3.63, 3.8) is 0 Å². The van der Waals surface area contributed by atoms with Gasteiger partial charge in [-0.3, -0.25) is 10.5 Å². The van der Waals surface area contributed by atoms with Crippen LogP contribution in [0.15, 0.2) is 33.4 Å². The molecule has 0 radical (unpaired) electrons. The molecular formula is C17H17Br2F3N4O4. The van der Waals surface area contributed by atoms with Crippen LogP contribution in [0.5, 0.6) is 5.75 Å². The number of halogens is 5. The zero-order chi connectivity index (χ0) is 22.9. The Morgan fingerprint density at radius 1 is 1.33 bits per heavy atom. The Hall–Kier alpha value is -2.54. The van der Waals surface area contributed by atoms with E-state index < -0.39 is 12.1 Å². The lowest BCUT2D eigenvalue weighted by molar-refractivity contribution is -0.358. The molecule has 0 atom stereocenters. The average Bonchev–Trinajstić information content (AvgIpc) is 3.04. The number of hydrogen-bond donors (Lipinski definition) is 3. The highest BCUT2D eigenvalue weighted by molar-refractivity contribution is 9.11. The minimum absolute atomic E-state index is 0.156. The monoisotopic (exact) mass is 556 g/mol. The van der Waals surface area contributed by atoms with E-state index in [1.54, 1.807) is 19.4 Å². The molecule has 13 heteroatoms. The number of ether oxygens (including phenoxy) is 1. The van der Waals surface area contributed by atoms with Gasteiger partial charge in [-0.05, 0) is 55.6 Å². The Labute approximate surface area is 186 Å². The molecular weight excluding hydrogens is 541 g/mol. The minimum atomic E-state index is -5.19. The molecule has 8 nitrogen and oxygen atoms in total. The van der Waals surface area contributed by atoms with E-state index in [-0.39, 0.29) is 5.91 Å². The number of carboxylic acid groups (broad SMARTS) is 1. The first-order chi connectivity index (χ1) is 13.9. The fourth-order valence-electron chi connectivity index (χ4n) is 1.97. The lowest BCUT2D eigenvalue weighted by atomic mass is 10.2. The number of amides is 1. The SMILES string of the molecule is COc1c(Br)cc(/C=C/C(=O)NCCc2c[nH+]c(N)[nH]2)cc1Br.O=C([O-])C(F)(F)F. The number of aromatic amines is 2. The van der Waals surface area contributed by atoms with Crippen LogP contribution in [-0.4, -0.2) is 36.7 Å². The summed E-state index contributed by atoms with van der Waals surface area (Å²) in [5, 5.41) is 11.6. The molecule has 0 fully saturated rings. The molecule has 0 aliphatic rings. The highest BCUT2D eigenvalue weighted by Crippen LogP contribution is 2.34. The highest BCUT2D eigenvalue weighted by atomic mass is 79.9. The van der Waals surface area contributed by atoms with Crippen LogP contribution >= 0.6 is 31.9 Å². The number of imidazole rings is 1. The molecule has 5 N–H and O–H groups in total. The maximum atomic E-state index is 11.8. The van der Waals surface area contributed by atoms with Crippen LogP contribution in [0.25, 0.3) is 6.08 Å². The zero-order valence-electron chi connectivity index (χ0n) is 15.4. The third-order valence-corrected chi connectivity index (χ3v) is 4.45. The second-order valence-electron chi connectivity index (χ2n) is 5.53. The van der Waals surface area contributed by atoms with Crippen LogP contribution in [0.2, 0.25) is 0 Å². The molecule has 0 aliphatic heterocycles. The molecule has 1 aromatic heterocycles. The number of carboxylic acids is 1. The summed E-state index contributed by atoms with van der Waals surface area (Å²) in [6, 6.07) is 3.76. The number of nitrogens with two attached hydrogens (primary N) is 1. The number of carbonyl (C=O) groups excluding carboxylic acids is 2. The predicted octanol–water partition coefficient (Wildman–Crippen LogP) is 1.62. The van der Waals surface area contributed by atoms with E-state index in [0.717, 1.165) is 20.2 Å². The fourth-order valence-corrected chi connectivity index (χ4v) is 3.51. The molecule has 0 saturated heterocycles. The number of anilines is 1. The quantitative estimate of drug-likeness (QED) is 0.464. The number of benzene rings is 1. The van der Waals surface area contributed by atoms with Gasteiger partial charge in [0.2, 0.25) is 5.91 Å². The normalized spacial score (nSPS) is 11.0. The van der Waals surface area contributed by atoms with Crippen LogP contribution in [0.3, 0.4) is 0 Å². The van der Waals surface area contributed by atoms with Crippen LogP contribution < -0.4 is 25.9 Å². The fraction of sp³-hybridized carbons (Fsp3) is 0.235. The number of aromatic nitrogens is 2. The first-order valence-corrected chi connectivity index (χ1v) is 9.64. The van der Waals surface area contributed by atoms with Crippen molar-refractivity contribution in [3.8, 4) is 5.75 Å². The Kier molecular flexibility index (Phi) is 9.85. The van der Waals surface area contributed by atoms with Gasteiger partial charge in [0, 0.05) is 19.0 Å². The van der Waals surface area contributed by atoms with E-state index in [9.17, 15) is 18.0 Å². The highest BCUT2D eigenvalue weighted by Gasteiger charge is 2.28. The molecule has 164 valence electrons. The standard InChI is InChI=1S/C15H16Br2N4O2.C2HF3O2/c1-23-14-11(16)6-9(7-12(14)17)2-3-13(22)19-5-4-10-8-20-15(18)21-10;3-2(4,5)1(6)7/h2-3,6-8H,4-5H2,1H3,(H,19,22)(H3,18,20,21);(H,6,7)/b3-2+;. The molecule has 0 saturated carbocycles. The minimum Gasteiger partial charge on any atom is -0.542 e. The Morgan fingerprint density at radius 2 is 1.90 bits per heavy atom. The maximum Gasteiger partial charge on any atom is 0.430 e. The summed E-state index contributed by atoms with van der Waals surface area (Å²) in [5.41, 5.74) is 7.36. The van der Waals surface area contributed by atoms with Gasteiger partial charge in [-0.2, -0.15) is 13.2 Å². The van der Waals surface area contributed by atoms with Gasteiger partial charge in [0.05, 0.1) is 22.3 Å². The summed E-state index contributed by atoms with van der Waals surface area (Å²) in [7, 11) is 1.60. The third kappa shape index (κ3) is 8.86. The van der Waals surface area contributed by atoms with E-state index in [1.165, 1.54) is 6.08 Å². The van der Waals surface area contributed by atoms with Gasteiger partial charge in [0.1, 0.15) is 17.4 Å². The summed E-state index contributed by atoms with van der Waals surface area (Å²) >= 11 is 6.86. The van der Waals surface area contributed by atoms with Crippen molar-refractivity contribution in [2.45, 2.75) is 12.6 Å². The van der Waals surface area contributed by atoms with E-state index >= 15 is 0 Å². The van der Waals surface area contributed by atoms with E-state index in [2.05, 4.69) is 47.1 Å². The van der Waals surface area contributed by atoms with Gasteiger partial charge in [-0.25, -0.2) is 9.97 Å². The summed E-state index contributed by atoms with van der Waals surface area (Å²) in [4.78, 5) is 26.4. The molecule has 30 heavy (non-hydrogen) atoms. The van der Waals surface area contributed by atoms with E-state index in [0.29, 0.717) is 24.7 Å². The molecule has 0 bridgehead atoms.